The Labute approximate surface area is 98.2 Å². The first kappa shape index (κ1) is 11.3. The highest BCUT2D eigenvalue weighted by Gasteiger charge is 2.29. The van der Waals surface area contributed by atoms with Crippen molar-refractivity contribution in [3.05, 3.63) is 23.8 Å². The Bertz CT molecular complexity index is 367. The third-order valence-electron chi connectivity index (χ3n) is 3.61. The van der Waals surface area contributed by atoms with Gasteiger partial charge in [-0.1, -0.05) is 19.9 Å². The number of methoxy groups -OCH3 is 1. The van der Waals surface area contributed by atoms with Crippen LogP contribution in [0.1, 0.15) is 19.4 Å². The van der Waals surface area contributed by atoms with Crippen LogP contribution in [0.2, 0.25) is 0 Å². The van der Waals surface area contributed by atoms with E-state index in [1.807, 2.05) is 0 Å². The predicted molar refractivity (Wildman–Crippen MR) is 68.3 cm³/mol. The molecule has 16 heavy (non-hydrogen) atoms. The molecule has 0 aromatic heterocycles. The van der Waals surface area contributed by atoms with E-state index in [1.165, 1.54) is 24.3 Å². The molecule has 1 saturated heterocycles. The van der Waals surface area contributed by atoms with Crippen molar-refractivity contribution in [3.63, 3.8) is 0 Å². The molecule has 0 N–H and O–H groups in total. The Balaban J connectivity index is 2.06. The van der Waals surface area contributed by atoms with E-state index in [9.17, 15) is 0 Å². The molecule has 1 aliphatic rings. The number of aryl methyl sites for hydroxylation is 1. The lowest BCUT2D eigenvalue weighted by Gasteiger charge is -2.43. The van der Waals surface area contributed by atoms with Crippen molar-refractivity contribution in [1.82, 2.24) is 0 Å². The van der Waals surface area contributed by atoms with Gasteiger partial charge in [0.1, 0.15) is 5.75 Å². The summed E-state index contributed by atoms with van der Waals surface area (Å²) in [7, 11) is 1.74. The van der Waals surface area contributed by atoms with Gasteiger partial charge < -0.3 is 9.64 Å². The van der Waals surface area contributed by atoms with Gasteiger partial charge in [0, 0.05) is 24.8 Å². The normalized spacial score (nSPS) is 16.4. The average molecular weight is 219 g/mol. The Morgan fingerprint density at radius 3 is 2.56 bits per heavy atom. The van der Waals surface area contributed by atoms with Crippen LogP contribution in [0.5, 0.6) is 5.75 Å². The molecule has 0 atom stereocenters. The van der Waals surface area contributed by atoms with Gasteiger partial charge in [0.25, 0.3) is 0 Å². The lowest BCUT2D eigenvalue weighted by Crippen LogP contribution is -2.49. The van der Waals surface area contributed by atoms with E-state index in [1.54, 1.807) is 7.11 Å². The standard InChI is InChI=1S/C14H21NO/c1-10(2)12-8-15(9-12)13-6-5-11(3)14(7-13)16-4/h5-7,10,12H,8-9H2,1-4H3. The zero-order valence-corrected chi connectivity index (χ0v) is 10.7. The van der Waals surface area contributed by atoms with E-state index in [2.05, 4.69) is 43.9 Å². The molecule has 1 heterocycles. The minimum Gasteiger partial charge on any atom is -0.496 e. The number of nitrogens with zero attached hydrogens (tertiary/aromatic N) is 1. The Morgan fingerprint density at radius 1 is 1.31 bits per heavy atom. The van der Waals surface area contributed by atoms with E-state index in [0.29, 0.717) is 0 Å². The average Bonchev–Trinajstić information content (AvgIpc) is 2.17. The Kier molecular flexibility index (Phi) is 3.08. The summed E-state index contributed by atoms with van der Waals surface area (Å²) in [6.07, 6.45) is 0. The Morgan fingerprint density at radius 2 is 2.00 bits per heavy atom. The number of rotatable bonds is 3. The summed E-state index contributed by atoms with van der Waals surface area (Å²) in [4.78, 5) is 2.42. The van der Waals surface area contributed by atoms with Crippen LogP contribution in [0.25, 0.3) is 0 Å². The van der Waals surface area contributed by atoms with Crippen LogP contribution in [0.15, 0.2) is 18.2 Å². The van der Waals surface area contributed by atoms with Crippen LogP contribution in [-0.2, 0) is 0 Å². The van der Waals surface area contributed by atoms with Gasteiger partial charge in [-0.25, -0.2) is 0 Å². The van der Waals surface area contributed by atoms with Crippen LogP contribution >= 0.6 is 0 Å². The topological polar surface area (TPSA) is 12.5 Å². The molecule has 0 unspecified atom stereocenters. The first-order chi connectivity index (χ1) is 7.61. The number of ether oxygens (including phenoxy) is 1. The molecule has 0 spiro atoms. The molecule has 0 radical (unpaired) electrons. The summed E-state index contributed by atoms with van der Waals surface area (Å²) in [5.74, 6) is 2.64. The maximum absolute atomic E-state index is 5.35. The van der Waals surface area contributed by atoms with Crippen molar-refractivity contribution in [1.29, 1.82) is 0 Å². The molecular weight excluding hydrogens is 198 g/mol. The van der Waals surface area contributed by atoms with Gasteiger partial charge in [0.15, 0.2) is 0 Å². The molecule has 2 rings (SSSR count). The predicted octanol–water partition coefficient (Wildman–Crippen LogP) is 3.10. The van der Waals surface area contributed by atoms with E-state index < -0.39 is 0 Å². The van der Waals surface area contributed by atoms with Crippen LogP contribution in [0.3, 0.4) is 0 Å². The zero-order valence-electron chi connectivity index (χ0n) is 10.7. The van der Waals surface area contributed by atoms with E-state index in [4.69, 9.17) is 4.74 Å². The van der Waals surface area contributed by atoms with Gasteiger partial charge in [-0.3, -0.25) is 0 Å². The van der Waals surface area contributed by atoms with Gasteiger partial charge in [-0.15, -0.1) is 0 Å². The summed E-state index contributed by atoms with van der Waals surface area (Å²) in [6, 6.07) is 6.47. The van der Waals surface area contributed by atoms with Crippen LogP contribution in [-0.4, -0.2) is 20.2 Å². The molecule has 2 nitrogen and oxygen atoms in total. The second-order valence-electron chi connectivity index (χ2n) is 5.06. The van der Waals surface area contributed by atoms with Gasteiger partial charge in [0.2, 0.25) is 0 Å². The molecule has 1 aromatic rings. The number of hydrogen-bond donors (Lipinski definition) is 0. The second-order valence-corrected chi connectivity index (χ2v) is 5.06. The lowest BCUT2D eigenvalue weighted by molar-refractivity contribution is 0.309. The van der Waals surface area contributed by atoms with Crippen molar-refractivity contribution in [3.8, 4) is 5.75 Å². The van der Waals surface area contributed by atoms with Gasteiger partial charge >= 0.3 is 0 Å². The molecule has 0 amide bonds. The van der Waals surface area contributed by atoms with E-state index in [-0.39, 0.29) is 0 Å². The van der Waals surface area contributed by atoms with Crippen LogP contribution in [0, 0.1) is 18.8 Å². The minimum absolute atomic E-state index is 0.795. The van der Waals surface area contributed by atoms with Gasteiger partial charge in [-0.05, 0) is 30.4 Å². The summed E-state index contributed by atoms with van der Waals surface area (Å²) < 4.78 is 5.35. The first-order valence-electron chi connectivity index (χ1n) is 6.01. The molecule has 0 bridgehead atoms. The highest BCUT2D eigenvalue weighted by molar-refractivity contribution is 5.55. The first-order valence-corrected chi connectivity index (χ1v) is 6.01. The smallest absolute Gasteiger partial charge is 0.123 e. The largest absolute Gasteiger partial charge is 0.496 e. The fraction of sp³-hybridized carbons (Fsp3) is 0.571. The van der Waals surface area contributed by atoms with Gasteiger partial charge in [-0.2, -0.15) is 0 Å². The highest BCUT2D eigenvalue weighted by atomic mass is 16.5. The monoisotopic (exact) mass is 219 g/mol. The maximum atomic E-state index is 5.35. The summed E-state index contributed by atoms with van der Waals surface area (Å²) in [5, 5.41) is 0. The Hall–Kier alpha value is -1.18. The van der Waals surface area contributed by atoms with Crippen molar-refractivity contribution >= 4 is 5.69 Å². The molecule has 0 saturated carbocycles. The number of hydrogen-bond acceptors (Lipinski definition) is 2. The molecule has 88 valence electrons. The molecule has 1 aromatic carbocycles. The summed E-state index contributed by atoms with van der Waals surface area (Å²) in [6.45, 7) is 9.05. The van der Waals surface area contributed by atoms with Crippen LogP contribution in [0.4, 0.5) is 5.69 Å². The summed E-state index contributed by atoms with van der Waals surface area (Å²) >= 11 is 0. The maximum Gasteiger partial charge on any atom is 0.123 e. The number of anilines is 1. The fourth-order valence-corrected chi connectivity index (χ4v) is 2.15. The lowest BCUT2D eigenvalue weighted by atomic mass is 9.88. The molecule has 1 aliphatic heterocycles. The van der Waals surface area contributed by atoms with Crippen molar-refractivity contribution in [2.75, 3.05) is 25.1 Å². The highest BCUT2D eigenvalue weighted by Crippen LogP contribution is 2.32. The third kappa shape index (κ3) is 2.01. The fourth-order valence-electron chi connectivity index (χ4n) is 2.15. The van der Waals surface area contributed by atoms with Gasteiger partial charge in [0.05, 0.1) is 7.11 Å². The minimum atomic E-state index is 0.795. The van der Waals surface area contributed by atoms with Crippen LogP contribution < -0.4 is 9.64 Å². The molecular formula is C14H21NO. The third-order valence-corrected chi connectivity index (χ3v) is 3.61. The van der Waals surface area contributed by atoms with E-state index in [0.717, 1.165) is 17.6 Å². The van der Waals surface area contributed by atoms with E-state index >= 15 is 0 Å². The SMILES string of the molecule is COc1cc(N2CC(C(C)C)C2)ccc1C. The number of benzene rings is 1. The second kappa shape index (κ2) is 4.36. The molecule has 0 aliphatic carbocycles. The molecule has 2 heteroatoms. The zero-order chi connectivity index (χ0) is 11.7. The summed E-state index contributed by atoms with van der Waals surface area (Å²) in [5.41, 5.74) is 2.49. The molecule has 1 fully saturated rings. The van der Waals surface area contributed by atoms with Crippen molar-refractivity contribution in [2.24, 2.45) is 11.8 Å². The quantitative estimate of drug-likeness (QED) is 0.774. The van der Waals surface area contributed by atoms with Crippen molar-refractivity contribution in [2.45, 2.75) is 20.8 Å². The van der Waals surface area contributed by atoms with Crippen molar-refractivity contribution < 1.29 is 4.74 Å².